The van der Waals surface area contributed by atoms with E-state index in [1.54, 1.807) is 0 Å². The van der Waals surface area contributed by atoms with E-state index in [1.807, 2.05) is 0 Å². The van der Waals surface area contributed by atoms with Crippen LogP contribution in [-0.2, 0) is 10.0 Å². The Morgan fingerprint density at radius 3 is 2.48 bits per heavy atom. The van der Waals surface area contributed by atoms with E-state index in [1.165, 1.54) is 36.4 Å². The lowest BCUT2D eigenvalue weighted by Crippen LogP contribution is -2.15. The zero-order valence-electron chi connectivity index (χ0n) is 10.4. The van der Waals surface area contributed by atoms with Crippen molar-refractivity contribution in [2.24, 2.45) is 0 Å². The molecule has 0 atom stereocenters. The number of hydrogen-bond donors (Lipinski definition) is 2. The molecule has 0 spiro atoms. The first-order valence-corrected chi connectivity index (χ1v) is 7.89. The number of nitrogens with one attached hydrogen (secondary N) is 1. The average Bonchev–Trinajstić information content (AvgIpc) is 2.41. The van der Waals surface area contributed by atoms with Crippen LogP contribution in [0.2, 0.25) is 0 Å². The van der Waals surface area contributed by atoms with Crippen molar-refractivity contribution >= 4 is 37.6 Å². The fourth-order valence-electron chi connectivity index (χ4n) is 1.61. The number of carbonyl (C=O) groups is 1. The first-order chi connectivity index (χ1) is 9.81. The average molecular weight is 374 g/mol. The van der Waals surface area contributed by atoms with Crippen molar-refractivity contribution in [2.75, 3.05) is 4.72 Å². The second kappa shape index (κ2) is 5.82. The van der Waals surface area contributed by atoms with Crippen LogP contribution in [0.25, 0.3) is 0 Å². The van der Waals surface area contributed by atoms with Crippen molar-refractivity contribution in [1.29, 1.82) is 0 Å². The molecule has 2 N–H and O–H groups in total. The van der Waals surface area contributed by atoms with Crippen LogP contribution < -0.4 is 4.72 Å². The number of anilines is 1. The summed E-state index contributed by atoms with van der Waals surface area (Å²) in [6, 6.07) is 8.85. The van der Waals surface area contributed by atoms with Crippen molar-refractivity contribution < 1.29 is 22.7 Å². The number of sulfonamides is 1. The Morgan fingerprint density at radius 1 is 1.19 bits per heavy atom. The number of benzene rings is 2. The van der Waals surface area contributed by atoms with Crippen LogP contribution in [0.1, 0.15) is 10.4 Å². The van der Waals surface area contributed by atoms with E-state index >= 15 is 0 Å². The molecule has 0 saturated heterocycles. The molecule has 0 aromatic heterocycles. The minimum atomic E-state index is -4.08. The number of rotatable bonds is 4. The van der Waals surface area contributed by atoms with Gasteiger partial charge in [-0.3, -0.25) is 4.72 Å². The zero-order valence-corrected chi connectivity index (χ0v) is 12.8. The van der Waals surface area contributed by atoms with Crippen molar-refractivity contribution in [3.63, 3.8) is 0 Å². The second-order valence-corrected chi connectivity index (χ2v) is 6.57. The third-order valence-electron chi connectivity index (χ3n) is 2.60. The highest BCUT2D eigenvalue weighted by Gasteiger charge is 2.19. The molecular formula is C13H9BrFNO4S. The Hall–Kier alpha value is -1.93. The highest BCUT2D eigenvalue weighted by Crippen LogP contribution is 2.23. The van der Waals surface area contributed by atoms with E-state index in [0.717, 1.165) is 6.07 Å². The van der Waals surface area contributed by atoms with Crippen LogP contribution in [0, 0.1) is 5.82 Å². The third kappa shape index (κ3) is 3.40. The summed E-state index contributed by atoms with van der Waals surface area (Å²) >= 11 is 2.93. The molecule has 21 heavy (non-hydrogen) atoms. The van der Waals surface area contributed by atoms with Gasteiger partial charge in [0, 0.05) is 0 Å². The summed E-state index contributed by atoms with van der Waals surface area (Å²) in [5, 5.41) is 9.01. The van der Waals surface area contributed by atoms with Crippen LogP contribution in [-0.4, -0.2) is 19.5 Å². The SMILES string of the molecule is O=C(O)c1ccccc1NS(=O)(=O)c1ccc(Br)c(F)c1. The molecule has 5 nitrogen and oxygen atoms in total. The normalized spacial score (nSPS) is 11.1. The number of para-hydroxylation sites is 1. The number of aromatic carboxylic acids is 1. The maximum Gasteiger partial charge on any atom is 0.337 e. The van der Waals surface area contributed by atoms with Gasteiger partial charge in [0.15, 0.2) is 0 Å². The second-order valence-electron chi connectivity index (χ2n) is 4.03. The van der Waals surface area contributed by atoms with Gasteiger partial charge in [-0.15, -0.1) is 0 Å². The van der Waals surface area contributed by atoms with Crippen molar-refractivity contribution in [2.45, 2.75) is 4.90 Å². The molecule has 2 aromatic rings. The van der Waals surface area contributed by atoms with Gasteiger partial charge in [0.05, 0.1) is 20.6 Å². The summed E-state index contributed by atoms with van der Waals surface area (Å²) in [7, 11) is -4.08. The van der Waals surface area contributed by atoms with Crippen LogP contribution in [0.3, 0.4) is 0 Å². The summed E-state index contributed by atoms with van der Waals surface area (Å²) in [4.78, 5) is 10.7. The fraction of sp³-hybridized carbons (Fsp3) is 0. The maximum absolute atomic E-state index is 13.4. The Labute approximate surface area is 128 Å². The van der Waals surface area contributed by atoms with Gasteiger partial charge in [-0.05, 0) is 46.3 Å². The molecule has 0 bridgehead atoms. The molecule has 2 rings (SSSR count). The van der Waals surface area contributed by atoms with E-state index in [9.17, 15) is 17.6 Å². The molecule has 0 saturated carbocycles. The molecular weight excluding hydrogens is 365 g/mol. The summed E-state index contributed by atoms with van der Waals surface area (Å²) in [5.74, 6) is -2.00. The third-order valence-corrected chi connectivity index (χ3v) is 4.61. The van der Waals surface area contributed by atoms with Crippen LogP contribution in [0.15, 0.2) is 51.8 Å². The van der Waals surface area contributed by atoms with Gasteiger partial charge in [0.1, 0.15) is 5.82 Å². The quantitative estimate of drug-likeness (QED) is 0.862. The number of halogens is 2. The number of hydrogen-bond acceptors (Lipinski definition) is 3. The van der Waals surface area contributed by atoms with Gasteiger partial charge < -0.3 is 5.11 Å². The van der Waals surface area contributed by atoms with Crippen molar-refractivity contribution in [3.05, 3.63) is 58.3 Å². The molecule has 0 aliphatic rings. The minimum Gasteiger partial charge on any atom is -0.478 e. The highest BCUT2D eigenvalue weighted by molar-refractivity contribution is 9.10. The van der Waals surface area contributed by atoms with Crippen LogP contribution in [0.4, 0.5) is 10.1 Å². The highest BCUT2D eigenvalue weighted by atomic mass is 79.9. The molecule has 0 aliphatic carbocycles. The molecule has 2 aromatic carbocycles. The zero-order chi connectivity index (χ0) is 15.6. The number of carboxylic acid groups (broad SMARTS) is 1. The van der Waals surface area contributed by atoms with Gasteiger partial charge in [-0.2, -0.15) is 0 Å². The predicted molar refractivity (Wildman–Crippen MR) is 78.3 cm³/mol. The summed E-state index contributed by atoms with van der Waals surface area (Å²) < 4.78 is 40.0. The fourth-order valence-corrected chi connectivity index (χ4v) is 2.94. The van der Waals surface area contributed by atoms with E-state index in [2.05, 4.69) is 20.7 Å². The molecule has 0 amide bonds. The maximum atomic E-state index is 13.4. The Bertz CT molecular complexity index is 808. The van der Waals surface area contributed by atoms with Gasteiger partial charge >= 0.3 is 5.97 Å². The van der Waals surface area contributed by atoms with E-state index in [-0.39, 0.29) is 20.6 Å². The van der Waals surface area contributed by atoms with Gasteiger partial charge in [0.2, 0.25) is 0 Å². The van der Waals surface area contributed by atoms with E-state index < -0.39 is 21.8 Å². The molecule has 0 unspecified atom stereocenters. The molecule has 0 fully saturated rings. The summed E-state index contributed by atoms with van der Waals surface area (Å²) in [6.45, 7) is 0. The Morgan fingerprint density at radius 2 is 1.86 bits per heavy atom. The van der Waals surface area contributed by atoms with Crippen LogP contribution in [0.5, 0.6) is 0 Å². The topological polar surface area (TPSA) is 83.5 Å². The smallest absolute Gasteiger partial charge is 0.337 e. The lowest BCUT2D eigenvalue weighted by atomic mass is 10.2. The van der Waals surface area contributed by atoms with E-state index in [4.69, 9.17) is 5.11 Å². The first-order valence-electron chi connectivity index (χ1n) is 5.61. The molecule has 0 aliphatic heterocycles. The lowest BCUT2D eigenvalue weighted by Gasteiger charge is -2.10. The van der Waals surface area contributed by atoms with Gasteiger partial charge in [-0.25, -0.2) is 17.6 Å². The minimum absolute atomic E-state index is 0.0895. The molecule has 8 heteroatoms. The van der Waals surface area contributed by atoms with Crippen molar-refractivity contribution in [1.82, 2.24) is 0 Å². The monoisotopic (exact) mass is 373 g/mol. The van der Waals surface area contributed by atoms with Gasteiger partial charge in [0.25, 0.3) is 10.0 Å². The largest absolute Gasteiger partial charge is 0.478 e. The Kier molecular flexibility index (Phi) is 4.29. The molecule has 0 heterocycles. The standard InChI is InChI=1S/C13H9BrFNO4S/c14-10-6-5-8(7-11(10)15)21(19,20)16-12-4-2-1-3-9(12)13(17)18/h1-7,16H,(H,17,18). The van der Waals surface area contributed by atoms with Gasteiger partial charge in [-0.1, -0.05) is 12.1 Å². The Balaban J connectivity index is 2.42. The van der Waals surface area contributed by atoms with E-state index in [0.29, 0.717) is 0 Å². The molecule has 0 radical (unpaired) electrons. The summed E-state index contributed by atoms with van der Waals surface area (Å²) in [5.41, 5.74) is -0.285. The van der Waals surface area contributed by atoms with Crippen LogP contribution >= 0.6 is 15.9 Å². The first kappa shape index (κ1) is 15.5. The lowest BCUT2D eigenvalue weighted by molar-refractivity contribution is 0.0698. The molecule has 110 valence electrons. The summed E-state index contributed by atoms with van der Waals surface area (Å²) in [6.07, 6.45) is 0. The predicted octanol–water partition coefficient (Wildman–Crippen LogP) is 3.09. The van der Waals surface area contributed by atoms with Crippen molar-refractivity contribution in [3.8, 4) is 0 Å². The number of carboxylic acids is 1.